The molecule has 1 aromatic carbocycles. The second-order valence-electron chi connectivity index (χ2n) is 7.33. The van der Waals surface area contributed by atoms with Gasteiger partial charge in [0.1, 0.15) is 0 Å². The van der Waals surface area contributed by atoms with Crippen LogP contribution in [0.3, 0.4) is 0 Å². The van der Waals surface area contributed by atoms with Crippen molar-refractivity contribution in [1.29, 1.82) is 0 Å². The van der Waals surface area contributed by atoms with Gasteiger partial charge in [-0.2, -0.15) is 0 Å². The van der Waals surface area contributed by atoms with Gasteiger partial charge >= 0.3 is 0 Å². The van der Waals surface area contributed by atoms with Gasteiger partial charge in [0, 0.05) is 25.3 Å². The quantitative estimate of drug-likeness (QED) is 0.804. The number of nitrogens with zero attached hydrogens (tertiary/aromatic N) is 2. The van der Waals surface area contributed by atoms with E-state index in [4.69, 9.17) is 5.73 Å². The number of rotatable bonds is 3. The SMILES string of the molecule is CC1CCN(CC2CCCN(C(=O)c3ccccc3N)C2)CC1.Cl.Cl. The number of hydrogen-bond acceptors (Lipinski definition) is 3. The van der Waals surface area contributed by atoms with Gasteiger partial charge in [0.25, 0.3) is 5.91 Å². The van der Waals surface area contributed by atoms with E-state index in [0.29, 0.717) is 17.2 Å². The highest BCUT2D eigenvalue weighted by Crippen LogP contribution is 2.23. The number of benzene rings is 1. The normalized spacial score (nSPS) is 22.0. The maximum atomic E-state index is 12.7. The Bertz CT molecular complexity index is 547. The van der Waals surface area contributed by atoms with E-state index in [1.54, 1.807) is 0 Å². The summed E-state index contributed by atoms with van der Waals surface area (Å²) in [4.78, 5) is 17.3. The van der Waals surface area contributed by atoms with E-state index < -0.39 is 0 Å². The standard InChI is InChI=1S/C19H29N3O.2ClH/c1-15-8-11-21(12-9-15)13-16-5-4-10-22(14-16)19(23)17-6-2-3-7-18(17)20;;/h2-3,6-7,15-16H,4-5,8-14,20H2,1H3;2*1H. The Morgan fingerprint density at radius 3 is 2.48 bits per heavy atom. The van der Waals surface area contributed by atoms with Crippen molar-refractivity contribution >= 4 is 36.4 Å². The van der Waals surface area contributed by atoms with Crippen LogP contribution in [-0.2, 0) is 0 Å². The summed E-state index contributed by atoms with van der Waals surface area (Å²) in [5.41, 5.74) is 7.21. The van der Waals surface area contributed by atoms with E-state index in [-0.39, 0.29) is 30.7 Å². The highest BCUT2D eigenvalue weighted by Gasteiger charge is 2.27. The highest BCUT2D eigenvalue weighted by molar-refractivity contribution is 5.99. The first-order valence-electron chi connectivity index (χ1n) is 8.99. The molecule has 2 aliphatic heterocycles. The first kappa shape index (κ1) is 22.1. The second-order valence-corrected chi connectivity index (χ2v) is 7.33. The first-order valence-corrected chi connectivity index (χ1v) is 8.99. The van der Waals surface area contributed by atoms with Crippen molar-refractivity contribution in [1.82, 2.24) is 9.80 Å². The number of piperidine rings is 2. The number of para-hydroxylation sites is 1. The minimum Gasteiger partial charge on any atom is -0.398 e. The Balaban J connectivity index is 0.00000156. The Morgan fingerprint density at radius 1 is 1.12 bits per heavy atom. The van der Waals surface area contributed by atoms with Crippen LogP contribution in [0.25, 0.3) is 0 Å². The molecule has 0 saturated carbocycles. The van der Waals surface area contributed by atoms with E-state index in [1.165, 1.54) is 32.4 Å². The molecule has 1 atom stereocenters. The summed E-state index contributed by atoms with van der Waals surface area (Å²) in [5.74, 6) is 1.57. The molecule has 2 N–H and O–H groups in total. The van der Waals surface area contributed by atoms with Gasteiger partial charge in [0.05, 0.1) is 5.56 Å². The lowest BCUT2D eigenvalue weighted by atomic mass is 9.94. The minimum absolute atomic E-state index is 0. The van der Waals surface area contributed by atoms with E-state index in [2.05, 4.69) is 11.8 Å². The summed E-state index contributed by atoms with van der Waals surface area (Å²) < 4.78 is 0. The van der Waals surface area contributed by atoms with Crippen molar-refractivity contribution in [3.05, 3.63) is 29.8 Å². The van der Waals surface area contributed by atoms with Gasteiger partial charge in [-0.1, -0.05) is 19.1 Å². The van der Waals surface area contributed by atoms with E-state index >= 15 is 0 Å². The monoisotopic (exact) mass is 387 g/mol. The largest absolute Gasteiger partial charge is 0.398 e. The van der Waals surface area contributed by atoms with Gasteiger partial charge in [-0.3, -0.25) is 4.79 Å². The molecule has 1 unspecified atom stereocenters. The summed E-state index contributed by atoms with van der Waals surface area (Å²) >= 11 is 0. The second kappa shape index (κ2) is 10.2. The number of likely N-dealkylation sites (tertiary alicyclic amines) is 2. The molecular formula is C19H31Cl2N3O. The fraction of sp³-hybridized carbons (Fsp3) is 0.632. The van der Waals surface area contributed by atoms with Crippen molar-refractivity contribution in [2.45, 2.75) is 32.6 Å². The minimum atomic E-state index is 0. The zero-order chi connectivity index (χ0) is 16.2. The fourth-order valence-corrected chi connectivity index (χ4v) is 3.87. The van der Waals surface area contributed by atoms with Gasteiger partial charge in [0.2, 0.25) is 0 Å². The first-order chi connectivity index (χ1) is 11.1. The lowest BCUT2D eigenvalue weighted by Gasteiger charge is -2.38. The molecule has 0 aliphatic carbocycles. The summed E-state index contributed by atoms with van der Waals surface area (Å²) in [6.45, 7) is 7.66. The summed E-state index contributed by atoms with van der Waals surface area (Å²) in [6, 6.07) is 7.42. The third-order valence-electron chi connectivity index (χ3n) is 5.39. The number of hydrogen-bond donors (Lipinski definition) is 1. The molecule has 2 heterocycles. The number of anilines is 1. The Labute approximate surface area is 163 Å². The van der Waals surface area contributed by atoms with Gasteiger partial charge in [0.15, 0.2) is 0 Å². The van der Waals surface area contributed by atoms with Crippen LogP contribution < -0.4 is 5.73 Å². The van der Waals surface area contributed by atoms with Crippen molar-refractivity contribution in [2.24, 2.45) is 11.8 Å². The van der Waals surface area contributed by atoms with Crippen molar-refractivity contribution in [2.75, 3.05) is 38.5 Å². The molecular weight excluding hydrogens is 357 g/mol. The molecule has 1 amide bonds. The molecule has 2 fully saturated rings. The predicted molar refractivity (Wildman–Crippen MR) is 109 cm³/mol. The average molecular weight is 388 g/mol. The summed E-state index contributed by atoms with van der Waals surface area (Å²) in [7, 11) is 0. The molecule has 0 spiro atoms. The van der Waals surface area contributed by atoms with Crippen molar-refractivity contribution in [3.63, 3.8) is 0 Å². The third kappa shape index (κ3) is 5.77. The van der Waals surface area contributed by atoms with Crippen LogP contribution in [-0.4, -0.2) is 48.4 Å². The van der Waals surface area contributed by atoms with Crippen LogP contribution >= 0.6 is 24.8 Å². The summed E-state index contributed by atoms with van der Waals surface area (Å²) in [5, 5.41) is 0. The number of nitrogen functional groups attached to an aromatic ring is 1. The zero-order valence-corrected chi connectivity index (χ0v) is 16.7. The van der Waals surface area contributed by atoms with Crippen LogP contribution in [0.2, 0.25) is 0 Å². The average Bonchev–Trinajstić information content (AvgIpc) is 2.57. The van der Waals surface area contributed by atoms with E-state index in [0.717, 1.165) is 32.0 Å². The maximum Gasteiger partial charge on any atom is 0.255 e. The molecule has 25 heavy (non-hydrogen) atoms. The molecule has 0 aromatic heterocycles. The molecule has 2 aliphatic rings. The molecule has 6 heteroatoms. The number of nitrogens with two attached hydrogens (primary N) is 1. The third-order valence-corrected chi connectivity index (χ3v) is 5.39. The lowest BCUT2D eigenvalue weighted by Crippen LogP contribution is -2.45. The number of carbonyl (C=O) groups is 1. The molecule has 0 radical (unpaired) electrons. The number of carbonyl (C=O) groups excluding carboxylic acids is 1. The fourth-order valence-electron chi connectivity index (χ4n) is 3.87. The van der Waals surface area contributed by atoms with E-state index in [9.17, 15) is 4.79 Å². The maximum absolute atomic E-state index is 12.7. The molecule has 1 aromatic rings. The lowest BCUT2D eigenvalue weighted by molar-refractivity contribution is 0.0623. The Kier molecular flexibility index (Phi) is 9.04. The van der Waals surface area contributed by atoms with Gasteiger partial charge in [-0.25, -0.2) is 0 Å². The van der Waals surface area contributed by atoms with Crippen LogP contribution in [0.1, 0.15) is 43.0 Å². The molecule has 4 nitrogen and oxygen atoms in total. The van der Waals surface area contributed by atoms with Gasteiger partial charge < -0.3 is 15.5 Å². The predicted octanol–water partition coefficient (Wildman–Crippen LogP) is 3.70. The van der Waals surface area contributed by atoms with Crippen LogP contribution in [0.4, 0.5) is 5.69 Å². The topological polar surface area (TPSA) is 49.6 Å². The molecule has 142 valence electrons. The van der Waals surface area contributed by atoms with Gasteiger partial charge in [-0.15, -0.1) is 24.8 Å². The highest BCUT2D eigenvalue weighted by atomic mass is 35.5. The van der Waals surface area contributed by atoms with E-state index in [1.807, 2.05) is 29.2 Å². The Morgan fingerprint density at radius 2 is 1.80 bits per heavy atom. The molecule has 0 bridgehead atoms. The number of halogens is 2. The summed E-state index contributed by atoms with van der Waals surface area (Å²) in [6.07, 6.45) is 4.97. The van der Waals surface area contributed by atoms with Crippen molar-refractivity contribution in [3.8, 4) is 0 Å². The van der Waals surface area contributed by atoms with Crippen LogP contribution in [0.15, 0.2) is 24.3 Å². The molecule has 2 saturated heterocycles. The van der Waals surface area contributed by atoms with Crippen LogP contribution in [0.5, 0.6) is 0 Å². The van der Waals surface area contributed by atoms with Crippen LogP contribution in [0, 0.1) is 11.8 Å². The Hall–Kier alpha value is -0.970. The number of amides is 1. The zero-order valence-electron chi connectivity index (χ0n) is 15.0. The smallest absolute Gasteiger partial charge is 0.255 e. The van der Waals surface area contributed by atoms with Gasteiger partial charge in [-0.05, 0) is 62.7 Å². The van der Waals surface area contributed by atoms with Crippen molar-refractivity contribution < 1.29 is 4.79 Å². The molecule has 3 rings (SSSR count).